The van der Waals surface area contributed by atoms with E-state index in [0.717, 1.165) is 11.4 Å². The van der Waals surface area contributed by atoms with E-state index in [-0.39, 0.29) is 5.91 Å². The van der Waals surface area contributed by atoms with Gasteiger partial charge in [0.15, 0.2) is 0 Å². The fourth-order valence-corrected chi connectivity index (χ4v) is 1.68. The van der Waals surface area contributed by atoms with E-state index in [4.69, 9.17) is 0 Å². The summed E-state index contributed by atoms with van der Waals surface area (Å²) in [6.07, 6.45) is 3.34. The van der Waals surface area contributed by atoms with Gasteiger partial charge in [-0.2, -0.15) is 5.10 Å². The second-order valence-electron chi connectivity index (χ2n) is 4.44. The van der Waals surface area contributed by atoms with Crippen LogP contribution in [0.1, 0.15) is 16.1 Å². The number of hydrogen-bond acceptors (Lipinski definition) is 4. The highest BCUT2D eigenvalue weighted by Crippen LogP contribution is 2.09. The Hall–Kier alpha value is -2.37. The lowest BCUT2D eigenvalue weighted by Crippen LogP contribution is -2.25. The molecule has 2 rings (SSSR count). The van der Waals surface area contributed by atoms with Gasteiger partial charge in [0.1, 0.15) is 11.5 Å². The minimum atomic E-state index is -0.136. The molecular formula is C13H17N5O. The molecule has 2 aromatic heterocycles. The number of amides is 1. The molecule has 0 aliphatic carbocycles. The molecule has 2 heterocycles. The Morgan fingerprint density at radius 1 is 1.37 bits per heavy atom. The summed E-state index contributed by atoms with van der Waals surface area (Å²) in [5, 5.41) is 6.83. The monoisotopic (exact) mass is 259 g/mol. The highest BCUT2D eigenvalue weighted by atomic mass is 16.2. The molecule has 6 nitrogen and oxygen atoms in total. The first-order chi connectivity index (χ1) is 9.08. The fraction of sp³-hybridized carbons (Fsp3) is 0.308. The van der Waals surface area contributed by atoms with Crippen LogP contribution >= 0.6 is 0 Å². The van der Waals surface area contributed by atoms with Crippen LogP contribution in [0.2, 0.25) is 0 Å². The van der Waals surface area contributed by atoms with Gasteiger partial charge in [-0.25, -0.2) is 4.98 Å². The zero-order valence-electron chi connectivity index (χ0n) is 11.3. The molecule has 0 atom stereocenters. The maximum atomic E-state index is 11.9. The standard InChI is InChI=1S/C13H17N5O/c1-17(2)12-8-10(4-6-14-12)9-15-13(19)11-5-7-16-18(11)3/h4-8H,9H2,1-3H3,(H,15,19). The average molecular weight is 259 g/mol. The number of anilines is 1. The number of carbonyl (C=O) groups excluding carboxylic acids is 1. The fourth-order valence-electron chi connectivity index (χ4n) is 1.68. The third-order valence-electron chi connectivity index (χ3n) is 2.77. The molecule has 0 bridgehead atoms. The summed E-state index contributed by atoms with van der Waals surface area (Å²) in [4.78, 5) is 18.1. The molecule has 6 heteroatoms. The van der Waals surface area contributed by atoms with Gasteiger partial charge in [-0.15, -0.1) is 0 Å². The van der Waals surface area contributed by atoms with Crippen LogP contribution in [0.5, 0.6) is 0 Å². The molecule has 1 amide bonds. The van der Waals surface area contributed by atoms with Gasteiger partial charge in [-0.05, 0) is 23.8 Å². The number of nitrogens with one attached hydrogen (secondary N) is 1. The van der Waals surface area contributed by atoms with Crippen molar-refractivity contribution in [2.24, 2.45) is 7.05 Å². The predicted octanol–water partition coefficient (Wildman–Crippen LogP) is 0.811. The van der Waals surface area contributed by atoms with Crippen LogP contribution in [0.25, 0.3) is 0 Å². The zero-order chi connectivity index (χ0) is 13.8. The second-order valence-corrected chi connectivity index (χ2v) is 4.44. The molecule has 0 saturated heterocycles. The summed E-state index contributed by atoms with van der Waals surface area (Å²) in [5.41, 5.74) is 1.55. The van der Waals surface area contributed by atoms with Crippen molar-refractivity contribution >= 4 is 11.7 Å². The third kappa shape index (κ3) is 3.09. The first-order valence-corrected chi connectivity index (χ1v) is 5.96. The van der Waals surface area contributed by atoms with Gasteiger partial charge in [0.05, 0.1) is 0 Å². The van der Waals surface area contributed by atoms with E-state index in [1.54, 1.807) is 30.2 Å². The molecule has 0 saturated carbocycles. The number of pyridine rings is 1. The van der Waals surface area contributed by atoms with Crippen molar-refractivity contribution in [2.75, 3.05) is 19.0 Å². The highest BCUT2D eigenvalue weighted by molar-refractivity contribution is 5.92. The van der Waals surface area contributed by atoms with Crippen molar-refractivity contribution in [1.29, 1.82) is 0 Å². The van der Waals surface area contributed by atoms with Crippen LogP contribution in [0.3, 0.4) is 0 Å². The Bertz CT molecular complexity index is 576. The van der Waals surface area contributed by atoms with Crippen LogP contribution in [-0.2, 0) is 13.6 Å². The first kappa shape index (κ1) is 13.1. The topological polar surface area (TPSA) is 63.1 Å². The lowest BCUT2D eigenvalue weighted by molar-refractivity contribution is 0.0941. The Morgan fingerprint density at radius 2 is 2.16 bits per heavy atom. The molecule has 0 unspecified atom stereocenters. The Morgan fingerprint density at radius 3 is 2.79 bits per heavy atom. The molecule has 0 aromatic carbocycles. The van der Waals surface area contributed by atoms with Crippen molar-refractivity contribution in [2.45, 2.75) is 6.54 Å². The maximum absolute atomic E-state index is 11.9. The van der Waals surface area contributed by atoms with Crippen molar-refractivity contribution < 1.29 is 4.79 Å². The molecule has 19 heavy (non-hydrogen) atoms. The SMILES string of the molecule is CN(C)c1cc(CNC(=O)c2ccnn2C)ccn1. The number of rotatable bonds is 4. The van der Waals surface area contributed by atoms with Crippen LogP contribution in [-0.4, -0.2) is 34.8 Å². The smallest absolute Gasteiger partial charge is 0.269 e. The minimum Gasteiger partial charge on any atom is -0.363 e. The van der Waals surface area contributed by atoms with Gasteiger partial charge >= 0.3 is 0 Å². The van der Waals surface area contributed by atoms with Gasteiger partial charge in [0.2, 0.25) is 0 Å². The quantitative estimate of drug-likeness (QED) is 0.882. The van der Waals surface area contributed by atoms with Crippen molar-refractivity contribution in [1.82, 2.24) is 20.1 Å². The lowest BCUT2D eigenvalue weighted by atomic mass is 10.2. The van der Waals surface area contributed by atoms with E-state index in [9.17, 15) is 4.79 Å². The van der Waals surface area contributed by atoms with Crippen molar-refractivity contribution in [3.8, 4) is 0 Å². The van der Waals surface area contributed by atoms with Crippen LogP contribution < -0.4 is 10.2 Å². The van der Waals surface area contributed by atoms with E-state index in [1.165, 1.54) is 0 Å². The summed E-state index contributed by atoms with van der Waals surface area (Å²) in [6.45, 7) is 0.466. The van der Waals surface area contributed by atoms with Gasteiger partial charge < -0.3 is 10.2 Å². The summed E-state index contributed by atoms with van der Waals surface area (Å²) in [6, 6.07) is 5.52. The van der Waals surface area contributed by atoms with Gasteiger partial charge in [0.25, 0.3) is 5.91 Å². The number of aromatic nitrogens is 3. The largest absolute Gasteiger partial charge is 0.363 e. The van der Waals surface area contributed by atoms with Crippen molar-refractivity contribution in [3.05, 3.63) is 41.9 Å². The third-order valence-corrected chi connectivity index (χ3v) is 2.77. The Labute approximate surface area is 112 Å². The summed E-state index contributed by atoms with van der Waals surface area (Å²) in [7, 11) is 5.60. The molecule has 0 radical (unpaired) electrons. The summed E-state index contributed by atoms with van der Waals surface area (Å²) in [5.74, 6) is 0.732. The number of carbonyl (C=O) groups is 1. The van der Waals surface area contributed by atoms with Crippen molar-refractivity contribution in [3.63, 3.8) is 0 Å². The number of nitrogens with zero attached hydrogens (tertiary/aromatic N) is 4. The van der Waals surface area contributed by atoms with E-state index < -0.39 is 0 Å². The average Bonchev–Trinajstić information content (AvgIpc) is 2.82. The summed E-state index contributed by atoms with van der Waals surface area (Å²) < 4.78 is 1.55. The lowest BCUT2D eigenvalue weighted by Gasteiger charge is -2.12. The molecule has 2 aromatic rings. The molecule has 0 fully saturated rings. The van der Waals surface area contributed by atoms with E-state index in [0.29, 0.717) is 12.2 Å². The Kier molecular flexibility index (Phi) is 3.79. The first-order valence-electron chi connectivity index (χ1n) is 5.96. The van der Waals surface area contributed by atoms with Crippen LogP contribution in [0.4, 0.5) is 5.82 Å². The van der Waals surface area contributed by atoms with Crippen LogP contribution in [0, 0.1) is 0 Å². The van der Waals surface area contributed by atoms with Gasteiger partial charge in [-0.3, -0.25) is 9.48 Å². The van der Waals surface area contributed by atoms with Gasteiger partial charge in [0, 0.05) is 40.1 Å². The number of hydrogen-bond donors (Lipinski definition) is 1. The second kappa shape index (κ2) is 5.51. The molecule has 100 valence electrons. The molecule has 1 N–H and O–H groups in total. The van der Waals surface area contributed by atoms with E-state index in [1.807, 2.05) is 31.1 Å². The summed E-state index contributed by atoms with van der Waals surface area (Å²) >= 11 is 0. The number of aryl methyl sites for hydroxylation is 1. The van der Waals surface area contributed by atoms with E-state index in [2.05, 4.69) is 15.4 Å². The normalized spacial score (nSPS) is 10.3. The Balaban J connectivity index is 2.01. The predicted molar refractivity (Wildman–Crippen MR) is 72.9 cm³/mol. The molecule has 0 aliphatic heterocycles. The maximum Gasteiger partial charge on any atom is 0.269 e. The van der Waals surface area contributed by atoms with Gasteiger partial charge in [-0.1, -0.05) is 0 Å². The zero-order valence-corrected chi connectivity index (χ0v) is 11.3. The van der Waals surface area contributed by atoms with Crippen LogP contribution in [0.15, 0.2) is 30.6 Å². The molecular weight excluding hydrogens is 242 g/mol. The molecule has 0 aliphatic rings. The highest BCUT2D eigenvalue weighted by Gasteiger charge is 2.09. The molecule has 0 spiro atoms. The van der Waals surface area contributed by atoms with E-state index >= 15 is 0 Å². The minimum absolute atomic E-state index is 0.136.